The van der Waals surface area contributed by atoms with Gasteiger partial charge >= 0.3 is 0 Å². The second-order valence-electron chi connectivity index (χ2n) is 2.46. The summed E-state index contributed by atoms with van der Waals surface area (Å²) in [7, 11) is 0. The first-order valence-corrected chi connectivity index (χ1v) is 5.53. The third-order valence-corrected chi connectivity index (χ3v) is 3.84. The van der Waals surface area contributed by atoms with E-state index in [1.807, 2.05) is 6.20 Å². The maximum absolute atomic E-state index is 4.31. The second kappa shape index (κ2) is 3.85. The molecule has 0 aliphatic carbocycles. The van der Waals surface area contributed by atoms with Crippen molar-refractivity contribution in [1.82, 2.24) is 4.98 Å². The Kier molecular flexibility index (Phi) is 3.30. The fourth-order valence-corrected chi connectivity index (χ4v) is 1.90. The molecule has 0 atom stereocenters. The molecule has 0 aliphatic heterocycles. The van der Waals surface area contributed by atoms with E-state index >= 15 is 0 Å². The molecule has 0 radical (unpaired) electrons. The van der Waals surface area contributed by atoms with Crippen LogP contribution in [0.1, 0.15) is 16.8 Å². The number of hydrogen-bond acceptors (Lipinski definition) is 1. The lowest BCUT2D eigenvalue weighted by Gasteiger charge is -2.05. The Balaban J connectivity index is 3.25. The van der Waals surface area contributed by atoms with Crippen LogP contribution < -0.4 is 0 Å². The van der Waals surface area contributed by atoms with Gasteiger partial charge in [0.2, 0.25) is 0 Å². The van der Waals surface area contributed by atoms with E-state index in [0.717, 1.165) is 11.0 Å². The summed E-state index contributed by atoms with van der Waals surface area (Å²) < 4.78 is 1.33. The quantitative estimate of drug-likeness (QED) is 0.571. The van der Waals surface area contributed by atoms with Crippen molar-refractivity contribution >= 4 is 38.5 Å². The van der Waals surface area contributed by atoms with Crippen molar-refractivity contribution in [2.24, 2.45) is 0 Å². The molecule has 0 aliphatic rings. The van der Waals surface area contributed by atoms with Crippen LogP contribution in [-0.2, 0) is 5.33 Å². The predicted octanol–water partition coefficient (Wildman–Crippen LogP) is 3.20. The molecule has 3 heteroatoms. The number of pyridine rings is 1. The molecule has 0 amide bonds. The van der Waals surface area contributed by atoms with Crippen LogP contribution >= 0.6 is 38.5 Å². The third-order valence-electron chi connectivity index (χ3n) is 1.65. The number of hydrogen-bond donors (Lipinski definition) is 0. The second-order valence-corrected chi connectivity index (χ2v) is 4.10. The summed E-state index contributed by atoms with van der Waals surface area (Å²) in [5.74, 6) is 0. The Labute approximate surface area is 88.9 Å². The highest BCUT2D eigenvalue weighted by Crippen LogP contribution is 2.19. The van der Waals surface area contributed by atoms with Crippen LogP contribution in [0.5, 0.6) is 0 Å². The summed E-state index contributed by atoms with van der Waals surface area (Å²) in [6.45, 7) is 4.19. The van der Waals surface area contributed by atoms with E-state index in [9.17, 15) is 0 Å². The Hall–Kier alpha value is 0.360. The van der Waals surface area contributed by atoms with Gasteiger partial charge in [-0.2, -0.15) is 0 Å². The Morgan fingerprint density at radius 1 is 1.55 bits per heavy atom. The lowest BCUT2D eigenvalue weighted by molar-refractivity contribution is 1.10. The first-order valence-electron chi connectivity index (χ1n) is 3.33. The summed E-state index contributed by atoms with van der Waals surface area (Å²) in [6, 6.07) is 0. The largest absolute Gasteiger partial charge is 0.260 e. The van der Waals surface area contributed by atoms with Crippen LogP contribution in [0.25, 0.3) is 0 Å². The SMILES string of the molecule is Cc1cnc(CBr)c(C)c1I. The van der Waals surface area contributed by atoms with Gasteiger partial charge in [-0.25, -0.2) is 0 Å². The zero-order chi connectivity index (χ0) is 8.43. The molecule has 0 fully saturated rings. The minimum Gasteiger partial charge on any atom is -0.260 e. The Morgan fingerprint density at radius 3 is 2.73 bits per heavy atom. The first kappa shape index (κ1) is 9.45. The molecule has 0 saturated heterocycles. The number of alkyl halides is 1. The summed E-state index contributed by atoms with van der Waals surface area (Å²) >= 11 is 5.76. The number of rotatable bonds is 1. The minimum atomic E-state index is 0.842. The normalized spacial score (nSPS) is 10.2. The van der Waals surface area contributed by atoms with Crippen LogP contribution in [0.15, 0.2) is 6.20 Å². The summed E-state index contributed by atoms with van der Waals surface area (Å²) in [6.07, 6.45) is 1.92. The van der Waals surface area contributed by atoms with Gasteiger partial charge in [-0.3, -0.25) is 4.98 Å². The lowest BCUT2D eigenvalue weighted by Crippen LogP contribution is -1.95. The molecule has 0 aromatic carbocycles. The first-order chi connectivity index (χ1) is 5.16. The van der Waals surface area contributed by atoms with Crippen molar-refractivity contribution in [3.63, 3.8) is 0 Å². The zero-order valence-electron chi connectivity index (χ0n) is 6.49. The summed E-state index contributed by atoms with van der Waals surface area (Å²) in [5.41, 5.74) is 3.69. The minimum absolute atomic E-state index is 0.842. The summed E-state index contributed by atoms with van der Waals surface area (Å²) in [4.78, 5) is 4.31. The Bertz CT molecular complexity index is 273. The topological polar surface area (TPSA) is 12.9 Å². The van der Waals surface area contributed by atoms with Crippen LogP contribution in [0.2, 0.25) is 0 Å². The molecule has 1 rings (SSSR count). The van der Waals surface area contributed by atoms with Crippen LogP contribution in [0.4, 0.5) is 0 Å². The van der Waals surface area contributed by atoms with E-state index in [-0.39, 0.29) is 0 Å². The van der Waals surface area contributed by atoms with Crippen molar-refractivity contribution < 1.29 is 0 Å². The van der Waals surface area contributed by atoms with Crippen molar-refractivity contribution in [3.05, 3.63) is 26.6 Å². The van der Waals surface area contributed by atoms with Crippen molar-refractivity contribution in [3.8, 4) is 0 Å². The molecule has 1 aromatic heterocycles. The van der Waals surface area contributed by atoms with E-state index in [4.69, 9.17) is 0 Å². The molecule has 1 heterocycles. The maximum Gasteiger partial charge on any atom is 0.0548 e. The Morgan fingerprint density at radius 2 is 2.18 bits per heavy atom. The molecule has 0 unspecified atom stereocenters. The van der Waals surface area contributed by atoms with Crippen molar-refractivity contribution in [2.75, 3.05) is 0 Å². The standard InChI is InChI=1S/C8H9BrIN/c1-5-4-11-7(3-9)6(2)8(5)10/h4H,3H2,1-2H3. The average Bonchev–Trinajstić information content (AvgIpc) is 2.01. The zero-order valence-corrected chi connectivity index (χ0v) is 10.2. The fraction of sp³-hybridized carbons (Fsp3) is 0.375. The van der Waals surface area contributed by atoms with Crippen LogP contribution in [0.3, 0.4) is 0 Å². The van der Waals surface area contributed by atoms with E-state index in [0.29, 0.717) is 0 Å². The van der Waals surface area contributed by atoms with E-state index in [2.05, 4.69) is 57.4 Å². The highest BCUT2D eigenvalue weighted by molar-refractivity contribution is 14.1. The molecule has 0 N–H and O–H groups in total. The molecule has 0 saturated carbocycles. The smallest absolute Gasteiger partial charge is 0.0548 e. The highest BCUT2D eigenvalue weighted by Gasteiger charge is 2.03. The van der Waals surface area contributed by atoms with Gasteiger partial charge in [0.1, 0.15) is 0 Å². The van der Waals surface area contributed by atoms with Gasteiger partial charge in [0.05, 0.1) is 5.69 Å². The monoisotopic (exact) mass is 325 g/mol. The van der Waals surface area contributed by atoms with Gasteiger partial charge in [-0.1, -0.05) is 15.9 Å². The van der Waals surface area contributed by atoms with Crippen LogP contribution in [-0.4, -0.2) is 4.98 Å². The van der Waals surface area contributed by atoms with E-state index < -0.39 is 0 Å². The molecule has 60 valence electrons. The third kappa shape index (κ3) is 1.93. The average molecular weight is 326 g/mol. The van der Waals surface area contributed by atoms with Gasteiger partial charge in [-0.05, 0) is 47.6 Å². The molecule has 0 bridgehead atoms. The van der Waals surface area contributed by atoms with Gasteiger partial charge in [0.15, 0.2) is 0 Å². The fourth-order valence-electron chi connectivity index (χ4n) is 0.885. The molecular weight excluding hydrogens is 317 g/mol. The molecule has 0 spiro atoms. The number of aryl methyl sites for hydroxylation is 1. The lowest BCUT2D eigenvalue weighted by atomic mass is 10.2. The van der Waals surface area contributed by atoms with E-state index in [1.165, 1.54) is 14.7 Å². The summed E-state index contributed by atoms with van der Waals surface area (Å²) in [5, 5.41) is 0.842. The van der Waals surface area contributed by atoms with Gasteiger partial charge < -0.3 is 0 Å². The predicted molar refractivity (Wildman–Crippen MR) is 59.1 cm³/mol. The molecule has 1 aromatic rings. The van der Waals surface area contributed by atoms with Crippen molar-refractivity contribution in [2.45, 2.75) is 19.2 Å². The number of aromatic nitrogens is 1. The van der Waals surface area contributed by atoms with Crippen LogP contribution in [0, 0.1) is 17.4 Å². The van der Waals surface area contributed by atoms with Gasteiger partial charge in [0.25, 0.3) is 0 Å². The molecule has 1 nitrogen and oxygen atoms in total. The van der Waals surface area contributed by atoms with E-state index in [1.54, 1.807) is 0 Å². The number of halogens is 2. The number of nitrogens with zero attached hydrogens (tertiary/aromatic N) is 1. The maximum atomic E-state index is 4.31. The highest BCUT2D eigenvalue weighted by atomic mass is 127. The van der Waals surface area contributed by atoms with Crippen molar-refractivity contribution in [1.29, 1.82) is 0 Å². The molecule has 11 heavy (non-hydrogen) atoms. The molecular formula is C8H9BrIN. The van der Waals surface area contributed by atoms with Gasteiger partial charge in [-0.15, -0.1) is 0 Å². The van der Waals surface area contributed by atoms with Gasteiger partial charge in [0, 0.05) is 15.1 Å².